The molecule has 0 aromatic heterocycles. The fraction of sp³-hybridized carbons (Fsp3) is 0.238. The number of benzene rings is 3. The van der Waals surface area contributed by atoms with Gasteiger partial charge in [0, 0.05) is 18.5 Å². The Balaban J connectivity index is 1.48. The molecule has 0 bridgehead atoms. The van der Waals surface area contributed by atoms with Crippen LogP contribution < -0.4 is 14.8 Å². The third kappa shape index (κ3) is 4.72. The molecule has 0 saturated carbocycles. The number of rotatable bonds is 8. The summed E-state index contributed by atoms with van der Waals surface area (Å²) in [6.45, 7) is 1.38. The average molecular weight is 337 g/mol. The normalized spacial score (nSPS) is 12.1. The quantitative estimate of drug-likeness (QED) is 0.662. The van der Waals surface area contributed by atoms with Gasteiger partial charge in [0.15, 0.2) is 0 Å². The van der Waals surface area contributed by atoms with Crippen molar-refractivity contribution in [1.82, 2.24) is 5.32 Å². The van der Waals surface area contributed by atoms with Crippen molar-refractivity contribution in [3.05, 3.63) is 72.3 Å². The molecule has 2 N–H and O–H groups in total. The Labute approximate surface area is 148 Å². The Hall–Kier alpha value is -2.56. The van der Waals surface area contributed by atoms with Gasteiger partial charge in [0.25, 0.3) is 0 Å². The van der Waals surface area contributed by atoms with Gasteiger partial charge in [0.05, 0.1) is 7.11 Å². The molecule has 1 atom stereocenters. The average Bonchev–Trinajstić information content (AvgIpc) is 2.66. The minimum atomic E-state index is -0.579. The van der Waals surface area contributed by atoms with Crippen LogP contribution >= 0.6 is 0 Å². The third-order valence-corrected chi connectivity index (χ3v) is 4.02. The predicted molar refractivity (Wildman–Crippen MR) is 100 cm³/mol. The molecule has 0 radical (unpaired) electrons. The molecule has 4 heteroatoms. The maximum atomic E-state index is 10.1. The van der Waals surface area contributed by atoms with Gasteiger partial charge in [-0.1, -0.05) is 48.5 Å². The van der Waals surface area contributed by atoms with Crippen LogP contribution in [0.2, 0.25) is 0 Å². The van der Waals surface area contributed by atoms with Crippen molar-refractivity contribution in [2.45, 2.75) is 12.6 Å². The number of hydrogen-bond donors (Lipinski definition) is 2. The van der Waals surface area contributed by atoms with Crippen molar-refractivity contribution >= 4 is 10.8 Å². The van der Waals surface area contributed by atoms with Gasteiger partial charge in [0.2, 0.25) is 0 Å². The number of hydrogen-bond acceptors (Lipinski definition) is 4. The van der Waals surface area contributed by atoms with E-state index in [4.69, 9.17) is 9.47 Å². The fourth-order valence-corrected chi connectivity index (χ4v) is 2.73. The van der Waals surface area contributed by atoms with Gasteiger partial charge >= 0.3 is 0 Å². The van der Waals surface area contributed by atoms with E-state index >= 15 is 0 Å². The molecule has 130 valence electrons. The van der Waals surface area contributed by atoms with E-state index in [1.165, 1.54) is 0 Å². The standard InChI is InChI=1S/C21H23NO3/c1-24-19-9-4-6-16(12-19)13-22-14-18(23)15-25-21-11-5-8-17-7-2-3-10-20(17)21/h2-12,18,22-23H,13-15H2,1H3/t18-/m0/s1. The summed E-state index contributed by atoms with van der Waals surface area (Å²) in [6.07, 6.45) is -0.579. The van der Waals surface area contributed by atoms with E-state index < -0.39 is 6.10 Å². The lowest BCUT2D eigenvalue weighted by molar-refractivity contribution is 0.107. The Kier molecular flexibility index (Phi) is 5.88. The van der Waals surface area contributed by atoms with Gasteiger partial charge < -0.3 is 19.9 Å². The number of fused-ring (bicyclic) bond motifs is 1. The van der Waals surface area contributed by atoms with Crippen molar-refractivity contribution in [2.75, 3.05) is 20.3 Å². The van der Waals surface area contributed by atoms with E-state index in [2.05, 4.69) is 5.32 Å². The fourth-order valence-electron chi connectivity index (χ4n) is 2.73. The van der Waals surface area contributed by atoms with Crippen molar-refractivity contribution in [3.8, 4) is 11.5 Å². The lowest BCUT2D eigenvalue weighted by atomic mass is 10.1. The highest BCUT2D eigenvalue weighted by Crippen LogP contribution is 2.25. The van der Waals surface area contributed by atoms with Crippen LogP contribution in [0.15, 0.2) is 66.7 Å². The van der Waals surface area contributed by atoms with Gasteiger partial charge in [-0.2, -0.15) is 0 Å². The maximum absolute atomic E-state index is 10.1. The van der Waals surface area contributed by atoms with Crippen LogP contribution in [0.1, 0.15) is 5.56 Å². The molecular formula is C21H23NO3. The van der Waals surface area contributed by atoms with E-state index in [1.54, 1.807) is 7.11 Å². The summed E-state index contributed by atoms with van der Waals surface area (Å²) >= 11 is 0. The zero-order valence-electron chi connectivity index (χ0n) is 14.3. The summed E-state index contributed by atoms with van der Waals surface area (Å²) < 4.78 is 11.0. The van der Waals surface area contributed by atoms with Crippen LogP contribution in [0.5, 0.6) is 11.5 Å². The molecule has 0 fully saturated rings. The maximum Gasteiger partial charge on any atom is 0.127 e. The SMILES string of the molecule is COc1cccc(CNC[C@H](O)COc2cccc3ccccc23)c1. The lowest BCUT2D eigenvalue weighted by Gasteiger charge is -2.15. The third-order valence-electron chi connectivity index (χ3n) is 4.02. The second-order valence-electron chi connectivity index (χ2n) is 5.92. The molecule has 3 aromatic rings. The van der Waals surface area contributed by atoms with E-state index in [-0.39, 0.29) is 6.61 Å². The van der Waals surface area contributed by atoms with E-state index in [1.807, 2.05) is 66.7 Å². The van der Waals surface area contributed by atoms with Gasteiger partial charge in [0.1, 0.15) is 24.2 Å². The molecule has 0 aliphatic carbocycles. The monoisotopic (exact) mass is 337 g/mol. The molecule has 0 saturated heterocycles. The Morgan fingerprint density at radius 1 is 1.00 bits per heavy atom. The summed E-state index contributed by atoms with van der Waals surface area (Å²) in [5.74, 6) is 1.63. The van der Waals surface area contributed by atoms with Crippen LogP contribution in [0.3, 0.4) is 0 Å². The Morgan fingerprint density at radius 3 is 2.68 bits per heavy atom. The van der Waals surface area contributed by atoms with Gasteiger partial charge in [-0.3, -0.25) is 0 Å². The molecule has 25 heavy (non-hydrogen) atoms. The Bertz CT molecular complexity index is 814. The molecule has 4 nitrogen and oxygen atoms in total. The Morgan fingerprint density at radius 2 is 1.80 bits per heavy atom. The minimum Gasteiger partial charge on any atom is -0.497 e. The molecule has 0 aliphatic heterocycles. The molecular weight excluding hydrogens is 314 g/mol. The first-order valence-corrected chi connectivity index (χ1v) is 8.38. The van der Waals surface area contributed by atoms with Crippen molar-refractivity contribution in [2.24, 2.45) is 0 Å². The largest absolute Gasteiger partial charge is 0.497 e. The van der Waals surface area contributed by atoms with Crippen LogP contribution in [0.25, 0.3) is 10.8 Å². The zero-order valence-corrected chi connectivity index (χ0v) is 14.3. The van der Waals surface area contributed by atoms with Crippen LogP contribution in [0.4, 0.5) is 0 Å². The number of ether oxygens (including phenoxy) is 2. The summed E-state index contributed by atoms with van der Waals surface area (Å²) in [5, 5.41) is 15.6. The first kappa shape index (κ1) is 17.3. The van der Waals surface area contributed by atoms with Crippen molar-refractivity contribution in [3.63, 3.8) is 0 Å². The number of methoxy groups -OCH3 is 1. The topological polar surface area (TPSA) is 50.7 Å². The summed E-state index contributed by atoms with van der Waals surface area (Å²) in [7, 11) is 1.65. The highest BCUT2D eigenvalue weighted by atomic mass is 16.5. The van der Waals surface area contributed by atoms with E-state index in [9.17, 15) is 5.11 Å². The highest BCUT2D eigenvalue weighted by Gasteiger charge is 2.07. The molecule has 3 aromatic carbocycles. The first-order valence-electron chi connectivity index (χ1n) is 8.38. The van der Waals surface area contributed by atoms with Crippen LogP contribution in [-0.4, -0.2) is 31.5 Å². The lowest BCUT2D eigenvalue weighted by Crippen LogP contribution is -2.31. The summed E-state index contributed by atoms with van der Waals surface area (Å²) in [6, 6.07) is 21.9. The van der Waals surface area contributed by atoms with Gasteiger partial charge in [-0.15, -0.1) is 0 Å². The molecule has 0 spiro atoms. The van der Waals surface area contributed by atoms with Crippen molar-refractivity contribution in [1.29, 1.82) is 0 Å². The van der Waals surface area contributed by atoms with Crippen LogP contribution in [0, 0.1) is 0 Å². The number of aliphatic hydroxyl groups excluding tert-OH is 1. The molecule has 0 amide bonds. The minimum absolute atomic E-state index is 0.249. The van der Waals surface area contributed by atoms with Gasteiger partial charge in [-0.05, 0) is 29.1 Å². The van der Waals surface area contributed by atoms with E-state index in [0.29, 0.717) is 13.1 Å². The molecule has 3 rings (SSSR count). The second kappa shape index (κ2) is 8.51. The van der Waals surface area contributed by atoms with Crippen LogP contribution in [-0.2, 0) is 6.54 Å². The summed E-state index contributed by atoms with van der Waals surface area (Å²) in [4.78, 5) is 0. The second-order valence-corrected chi connectivity index (χ2v) is 5.92. The smallest absolute Gasteiger partial charge is 0.127 e. The number of nitrogens with one attached hydrogen (secondary N) is 1. The zero-order chi connectivity index (χ0) is 17.5. The molecule has 0 aliphatic rings. The number of aliphatic hydroxyl groups is 1. The van der Waals surface area contributed by atoms with Gasteiger partial charge in [-0.25, -0.2) is 0 Å². The van der Waals surface area contributed by atoms with Crippen molar-refractivity contribution < 1.29 is 14.6 Å². The summed E-state index contributed by atoms with van der Waals surface area (Å²) in [5.41, 5.74) is 1.11. The molecule has 0 heterocycles. The highest BCUT2D eigenvalue weighted by molar-refractivity contribution is 5.88. The van der Waals surface area contributed by atoms with E-state index in [0.717, 1.165) is 27.8 Å². The molecule has 0 unspecified atom stereocenters. The first-order chi connectivity index (χ1) is 12.3. The predicted octanol–water partition coefficient (Wildman–Crippen LogP) is 3.38.